The van der Waals surface area contributed by atoms with Gasteiger partial charge < -0.3 is 15.1 Å². The molecule has 1 heterocycles. The molecule has 0 spiro atoms. The molecular weight excluding hydrogens is 242 g/mol. The Balaban J connectivity index is 1.63. The van der Waals surface area contributed by atoms with Crippen LogP contribution in [0, 0.1) is 0 Å². The zero-order valence-electron chi connectivity index (χ0n) is 10.9. The molecule has 2 N–H and O–H groups in total. The molecule has 1 aromatic carbocycles. The minimum atomic E-state index is -0.580. The van der Waals surface area contributed by atoms with Gasteiger partial charge in [-0.15, -0.1) is 0 Å². The number of nitrogens with zero attached hydrogens (tertiary/aromatic N) is 2. The Bertz CT molecular complexity index is 616. The Labute approximate surface area is 111 Å². The van der Waals surface area contributed by atoms with Crippen LogP contribution in [0.5, 0.6) is 0 Å². The lowest BCUT2D eigenvalue weighted by molar-refractivity contribution is -0.132. The van der Waals surface area contributed by atoms with Crippen molar-refractivity contribution >= 4 is 17.0 Å². The summed E-state index contributed by atoms with van der Waals surface area (Å²) < 4.78 is 5.27. The average Bonchev–Trinajstić information content (AvgIpc) is 3.00. The van der Waals surface area contributed by atoms with Crippen LogP contribution in [0.3, 0.4) is 0 Å². The summed E-state index contributed by atoms with van der Waals surface area (Å²) in [4.78, 5) is 17.8. The molecule has 3 rings (SSSR count). The molecule has 5 nitrogen and oxygen atoms in total. The highest BCUT2D eigenvalue weighted by molar-refractivity contribution is 5.88. The van der Waals surface area contributed by atoms with E-state index in [1.165, 1.54) is 6.39 Å². The molecule has 5 heteroatoms. The number of likely N-dealkylation sites (N-methyl/N-ethyl adjacent to an activating group) is 1. The second-order valence-electron chi connectivity index (χ2n) is 5.29. The van der Waals surface area contributed by atoms with Crippen LogP contribution < -0.4 is 5.73 Å². The van der Waals surface area contributed by atoms with Gasteiger partial charge in [0.1, 0.15) is 5.52 Å². The number of aromatic nitrogens is 1. The molecule has 19 heavy (non-hydrogen) atoms. The van der Waals surface area contributed by atoms with Crippen molar-refractivity contribution in [1.82, 2.24) is 9.88 Å². The number of hydrogen-bond acceptors (Lipinski definition) is 4. The largest absolute Gasteiger partial charge is 0.443 e. The number of fused-ring (bicyclic) bond motifs is 1. The highest BCUT2D eigenvalue weighted by atomic mass is 16.3. The number of carbonyl (C=O) groups is 1. The van der Waals surface area contributed by atoms with Crippen LogP contribution in [0.1, 0.15) is 18.4 Å². The predicted octanol–water partition coefficient (Wildman–Crippen LogP) is 1.32. The van der Waals surface area contributed by atoms with Gasteiger partial charge in [0.2, 0.25) is 5.91 Å². The molecule has 1 fully saturated rings. The van der Waals surface area contributed by atoms with Gasteiger partial charge in [0.05, 0.1) is 5.54 Å². The molecule has 0 bridgehead atoms. The number of benzene rings is 1. The molecule has 1 aliphatic rings. The van der Waals surface area contributed by atoms with Gasteiger partial charge in [-0.25, -0.2) is 4.98 Å². The topological polar surface area (TPSA) is 72.4 Å². The highest BCUT2D eigenvalue weighted by Gasteiger charge is 2.47. The van der Waals surface area contributed by atoms with Crippen molar-refractivity contribution in [3.63, 3.8) is 0 Å². The maximum atomic E-state index is 12.0. The zero-order chi connectivity index (χ0) is 13.5. The van der Waals surface area contributed by atoms with E-state index in [2.05, 4.69) is 4.98 Å². The van der Waals surface area contributed by atoms with E-state index in [1.807, 2.05) is 25.2 Å². The third kappa shape index (κ3) is 2.33. The quantitative estimate of drug-likeness (QED) is 0.898. The third-order valence-electron chi connectivity index (χ3n) is 3.69. The lowest BCUT2D eigenvalue weighted by atomic mass is 10.1. The number of rotatable bonds is 4. The Morgan fingerprint density at radius 1 is 1.53 bits per heavy atom. The van der Waals surface area contributed by atoms with Gasteiger partial charge in [0.25, 0.3) is 0 Å². The molecule has 0 aliphatic heterocycles. The van der Waals surface area contributed by atoms with Gasteiger partial charge in [-0.1, -0.05) is 6.07 Å². The van der Waals surface area contributed by atoms with Crippen LogP contribution >= 0.6 is 0 Å². The molecule has 2 aromatic rings. The standard InChI is InChI=1S/C14H17N3O2/c1-17(13(18)14(15)5-6-14)7-4-10-2-3-11-12(8-10)19-9-16-11/h2-3,8-9H,4-7,15H2,1H3. The number of carbonyl (C=O) groups excluding carboxylic acids is 1. The van der Waals surface area contributed by atoms with Crippen molar-refractivity contribution in [2.75, 3.05) is 13.6 Å². The molecule has 0 atom stereocenters. The fourth-order valence-corrected chi connectivity index (χ4v) is 2.18. The maximum absolute atomic E-state index is 12.0. The van der Waals surface area contributed by atoms with Crippen molar-refractivity contribution in [1.29, 1.82) is 0 Å². The zero-order valence-corrected chi connectivity index (χ0v) is 10.9. The van der Waals surface area contributed by atoms with Crippen molar-refractivity contribution < 1.29 is 9.21 Å². The van der Waals surface area contributed by atoms with Gasteiger partial charge in [0.15, 0.2) is 12.0 Å². The summed E-state index contributed by atoms with van der Waals surface area (Å²) in [7, 11) is 1.81. The van der Waals surface area contributed by atoms with E-state index in [0.717, 1.165) is 35.9 Å². The predicted molar refractivity (Wildman–Crippen MR) is 71.5 cm³/mol. The van der Waals surface area contributed by atoms with Gasteiger partial charge in [-0.05, 0) is 37.0 Å². The fourth-order valence-electron chi connectivity index (χ4n) is 2.18. The van der Waals surface area contributed by atoms with Gasteiger partial charge >= 0.3 is 0 Å². The number of hydrogen-bond donors (Lipinski definition) is 1. The Hall–Kier alpha value is -1.88. The Kier molecular flexibility index (Phi) is 2.78. The summed E-state index contributed by atoms with van der Waals surface area (Å²) in [6.45, 7) is 0.664. The van der Waals surface area contributed by atoms with Crippen molar-refractivity contribution in [3.05, 3.63) is 30.2 Å². The van der Waals surface area contributed by atoms with Crippen LogP contribution in [0.2, 0.25) is 0 Å². The molecule has 0 saturated heterocycles. The number of nitrogens with two attached hydrogens (primary N) is 1. The average molecular weight is 259 g/mol. The Morgan fingerprint density at radius 2 is 2.32 bits per heavy atom. The van der Waals surface area contributed by atoms with Crippen LogP contribution in [-0.4, -0.2) is 34.9 Å². The van der Waals surface area contributed by atoms with E-state index in [0.29, 0.717) is 6.54 Å². The molecule has 1 amide bonds. The summed E-state index contributed by atoms with van der Waals surface area (Å²) in [5.74, 6) is 0.0493. The lowest BCUT2D eigenvalue weighted by Crippen LogP contribution is -2.44. The molecule has 1 saturated carbocycles. The van der Waals surface area contributed by atoms with E-state index in [1.54, 1.807) is 4.90 Å². The van der Waals surface area contributed by atoms with Crippen LogP contribution in [0.4, 0.5) is 0 Å². The van der Waals surface area contributed by atoms with E-state index in [9.17, 15) is 4.79 Å². The second-order valence-corrected chi connectivity index (χ2v) is 5.29. The second kappa shape index (κ2) is 4.35. The van der Waals surface area contributed by atoms with Crippen molar-refractivity contribution in [2.24, 2.45) is 5.73 Å². The molecule has 1 aliphatic carbocycles. The smallest absolute Gasteiger partial charge is 0.242 e. The highest BCUT2D eigenvalue weighted by Crippen LogP contribution is 2.33. The summed E-state index contributed by atoms with van der Waals surface area (Å²) in [6.07, 6.45) is 3.84. The van der Waals surface area contributed by atoms with Gasteiger partial charge in [0, 0.05) is 13.6 Å². The monoisotopic (exact) mass is 259 g/mol. The maximum Gasteiger partial charge on any atom is 0.242 e. The molecular formula is C14H17N3O2. The van der Waals surface area contributed by atoms with E-state index < -0.39 is 5.54 Å². The van der Waals surface area contributed by atoms with E-state index in [-0.39, 0.29) is 5.91 Å². The van der Waals surface area contributed by atoms with Crippen LogP contribution in [-0.2, 0) is 11.2 Å². The fraction of sp³-hybridized carbons (Fsp3) is 0.429. The molecule has 1 aromatic heterocycles. The number of amides is 1. The first-order chi connectivity index (χ1) is 9.08. The third-order valence-corrected chi connectivity index (χ3v) is 3.69. The minimum absolute atomic E-state index is 0.0493. The summed E-state index contributed by atoms with van der Waals surface area (Å²) in [6, 6.07) is 5.91. The summed E-state index contributed by atoms with van der Waals surface area (Å²) >= 11 is 0. The van der Waals surface area contributed by atoms with Crippen LogP contribution in [0.15, 0.2) is 29.0 Å². The Morgan fingerprint density at radius 3 is 3.05 bits per heavy atom. The first-order valence-corrected chi connectivity index (χ1v) is 6.45. The molecule has 100 valence electrons. The normalized spacial score (nSPS) is 16.5. The summed E-state index contributed by atoms with van der Waals surface area (Å²) in [5, 5.41) is 0. The summed E-state index contributed by atoms with van der Waals surface area (Å²) in [5.41, 5.74) is 8.09. The van der Waals surface area contributed by atoms with Crippen LogP contribution in [0.25, 0.3) is 11.1 Å². The van der Waals surface area contributed by atoms with Crippen molar-refractivity contribution in [3.8, 4) is 0 Å². The van der Waals surface area contributed by atoms with Gasteiger partial charge in [-0.2, -0.15) is 0 Å². The lowest BCUT2D eigenvalue weighted by Gasteiger charge is -2.20. The van der Waals surface area contributed by atoms with E-state index in [4.69, 9.17) is 10.2 Å². The first-order valence-electron chi connectivity index (χ1n) is 6.45. The van der Waals surface area contributed by atoms with Crippen molar-refractivity contribution in [2.45, 2.75) is 24.8 Å². The SMILES string of the molecule is CN(CCc1ccc2ncoc2c1)C(=O)C1(N)CC1. The van der Waals surface area contributed by atoms with Gasteiger partial charge in [-0.3, -0.25) is 4.79 Å². The minimum Gasteiger partial charge on any atom is -0.443 e. The molecule has 0 radical (unpaired) electrons. The molecule has 0 unspecified atom stereocenters. The first kappa shape index (κ1) is 12.2. The van der Waals surface area contributed by atoms with E-state index >= 15 is 0 Å². The number of oxazole rings is 1.